The van der Waals surface area contributed by atoms with E-state index in [-0.39, 0.29) is 11.2 Å². The summed E-state index contributed by atoms with van der Waals surface area (Å²) in [5, 5.41) is 3.36. The molecule has 0 amide bonds. The van der Waals surface area contributed by atoms with Gasteiger partial charge in [0.05, 0.1) is 0 Å². The number of aromatic nitrogens is 2. The first-order valence-electron chi connectivity index (χ1n) is 8.13. The molecule has 1 heterocycles. The summed E-state index contributed by atoms with van der Waals surface area (Å²) in [6.07, 6.45) is 3.67. The number of nitrogens with zero attached hydrogens (tertiary/aromatic N) is 2. The van der Waals surface area contributed by atoms with Crippen molar-refractivity contribution in [1.29, 1.82) is 0 Å². The van der Waals surface area contributed by atoms with Crippen LogP contribution in [0, 0.1) is 5.92 Å². The summed E-state index contributed by atoms with van der Waals surface area (Å²) in [6, 6.07) is 8.35. The van der Waals surface area contributed by atoms with Crippen molar-refractivity contribution in [3.8, 4) is 0 Å². The SMILES string of the molecule is CCC(CNCc1cn(C)c(=O)n(C)c1=O)Cc1cccc(Br)c1. The van der Waals surface area contributed by atoms with E-state index in [0.717, 1.165) is 28.4 Å². The van der Waals surface area contributed by atoms with Crippen LogP contribution in [0.2, 0.25) is 0 Å². The van der Waals surface area contributed by atoms with Gasteiger partial charge < -0.3 is 9.88 Å². The van der Waals surface area contributed by atoms with Crippen molar-refractivity contribution in [2.45, 2.75) is 26.3 Å². The van der Waals surface area contributed by atoms with Gasteiger partial charge in [0, 0.05) is 36.9 Å². The van der Waals surface area contributed by atoms with Gasteiger partial charge in [0.1, 0.15) is 0 Å². The Bertz CT molecular complexity index is 811. The van der Waals surface area contributed by atoms with Gasteiger partial charge in [0.15, 0.2) is 0 Å². The van der Waals surface area contributed by atoms with Gasteiger partial charge in [-0.2, -0.15) is 0 Å². The Morgan fingerprint density at radius 3 is 2.67 bits per heavy atom. The van der Waals surface area contributed by atoms with E-state index in [9.17, 15) is 9.59 Å². The lowest BCUT2D eigenvalue weighted by atomic mass is 9.97. The molecule has 0 saturated heterocycles. The summed E-state index contributed by atoms with van der Waals surface area (Å²) < 4.78 is 3.68. The minimum absolute atomic E-state index is 0.231. The Morgan fingerprint density at radius 2 is 2.00 bits per heavy atom. The van der Waals surface area contributed by atoms with Crippen LogP contribution in [0.4, 0.5) is 0 Å². The van der Waals surface area contributed by atoms with Crippen molar-refractivity contribution in [2.75, 3.05) is 6.54 Å². The van der Waals surface area contributed by atoms with Crippen LogP contribution >= 0.6 is 15.9 Å². The van der Waals surface area contributed by atoms with Crippen molar-refractivity contribution < 1.29 is 0 Å². The molecular formula is C18H24BrN3O2. The number of halogens is 1. The standard InChI is InChI=1S/C18H24BrN3O2/c1-4-13(8-14-6-5-7-16(19)9-14)10-20-11-15-12-21(2)18(24)22(3)17(15)23/h5-7,9,12-13,20H,4,8,10-11H2,1-3H3. The quantitative estimate of drug-likeness (QED) is 0.784. The predicted molar refractivity (Wildman–Crippen MR) is 100 cm³/mol. The summed E-state index contributed by atoms with van der Waals surface area (Å²) in [7, 11) is 3.17. The third-order valence-corrected chi connectivity index (χ3v) is 4.75. The Hall–Kier alpha value is -1.66. The number of hydrogen-bond donors (Lipinski definition) is 1. The van der Waals surface area contributed by atoms with Gasteiger partial charge in [0.25, 0.3) is 5.56 Å². The van der Waals surface area contributed by atoms with Crippen molar-refractivity contribution in [3.05, 3.63) is 66.9 Å². The van der Waals surface area contributed by atoms with Crippen LogP contribution < -0.4 is 16.6 Å². The highest BCUT2D eigenvalue weighted by Crippen LogP contribution is 2.16. The van der Waals surface area contributed by atoms with E-state index in [1.807, 2.05) is 12.1 Å². The smallest absolute Gasteiger partial charge is 0.312 e. The first kappa shape index (κ1) is 18.7. The maximum absolute atomic E-state index is 12.1. The summed E-state index contributed by atoms with van der Waals surface area (Å²) in [4.78, 5) is 23.8. The number of nitrogens with one attached hydrogen (secondary N) is 1. The minimum atomic E-state index is -0.301. The predicted octanol–water partition coefficient (Wildman–Crippen LogP) is 2.21. The zero-order valence-corrected chi connectivity index (χ0v) is 16.0. The summed E-state index contributed by atoms with van der Waals surface area (Å²) in [5.41, 5.74) is 1.38. The second kappa shape index (κ2) is 8.44. The topological polar surface area (TPSA) is 56.0 Å². The average Bonchev–Trinajstić information content (AvgIpc) is 2.56. The monoisotopic (exact) mass is 393 g/mol. The Balaban J connectivity index is 1.97. The van der Waals surface area contributed by atoms with Gasteiger partial charge >= 0.3 is 5.69 Å². The molecule has 5 nitrogen and oxygen atoms in total. The molecule has 2 aromatic rings. The van der Waals surface area contributed by atoms with E-state index >= 15 is 0 Å². The molecule has 0 saturated carbocycles. The zero-order valence-electron chi connectivity index (χ0n) is 14.4. The summed E-state index contributed by atoms with van der Waals surface area (Å²) in [5.74, 6) is 0.496. The number of benzene rings is 1. The fraction of sp³-hybridized carbons (Fsp3) is 0.444. The zero-order chi connectivity index (χ0) is 17.7. The first-order valence-corrected chi connectivity index (χ1v) is 8.92. The highest BCUT2D eigenvalue weighted by molar-refractivity contribution is 9.10. The van der Waals surface area contributed by atoms with Crippen LogP contribution in [0.3, 0.4) is 0 Å². The molecule has 1 unspecified atom stereocenters. The maximum atomic E-state index is 12.1. The Labute approximate surface area is 150 Å². The van der Waals surface area contributed by atoms with E-state index in [4.69, 9.17) is 0 Å². The molecule has 1 atom stereocenters. The van der Waals surface area contributed by atoms with Crippen molar-refractivity contribution in [1.82, 2.24) is 14.5 Å². The maximum Gasteiger partial charge on any atom is 0.330 e. The highest BCUT2D eigenvalue weighted by Gasteiger charge is 2.10. The average molecular weight is 394 g/mol. The molecule has 0 aliphatic heterocycles. The summed E-state index contributed by atoms with van der Waals surface area (Å²) >= 11 is 3.50. The van der Waals surface area contributed by atoms with Crippen molar-refractivity contribution in [2.24, 2.45) is 20.0 Å². The van der Waals surface area contributed by atoms with E-state index in [0.29, 0.717) is 18.0 Å². The van der Waals surface area contributed by atoms with Crippen LogP contribution in [-0.2, 0) is 27.1 Å². The number of hydrogen-bond acceptors (Lipinski definition) is 3. The molecule has 0 aliphatic rings. The molecule has 24 heavy (non-hydrogen) atoms. The molecule has 0 bridgehead atoms. The molecule has 2 rings (SSSR count). The molecule has 0 spiro atoms. The third kappa shape index (κ3) is 4.68. The molecule has 6 heteroatoms. The van der Waals surface area contributed by atoms with Gasteiger partial charge in [-0.3, -0.25) is 9.36 Å². The van der Waals surface area contributed by atoms with Crippen LogP contribution in [0.5, 0.6) is 0 Å². The van der Waals surface area contributed by atoms with Gasteiger partial charge in [-0.1, -0.05) is 41.4 Å². The lowest BCUT2D eigenvalue weighted by molar-refractivity contribution is 0.457. The van der Waals surface area contributed by atoms with Gasteiger partial charge in [-0.05, 0) is 36.6 Å². The van der Waals surface area contributed by atoms with Gasteiger partial charge in [0.2, 0.25) is 0 Å². The molecule has 1 N–H and O–H groups in total. The van der Waals surface area contributed by atoms with E-state index < -0.39 is 0 Å². The first-order chi connectivity index (χ1) is 11.4. The highest BCUT2D eigenvalue weighted by atomic mass is 79.9. The second-order valence-corrected chi connectivity index (χ2v) is 7.07. The molecule has 1 aromatic heterocycles. The Kier molecular flexibility index (Phi) is 6.57. The van der Waals surface area contributed by atoms with Gasteiger partial charge in [-0.15, -0.1) is 0 Å². The largest absolute Gasteiger partial charge is 0.330 e. The number of rotatable bonds is 7. The van der Waals surface area contributed by atoms with Crippen LogP contribution in [0.15, 0.2) is 44.5 Å². The minimum Gasteiger partial charge on any atom is -0.312 e. The molecule has 0 aliphatic carbocycles. The van der Waals surface area contributed by atoms with Crippen LogP contribution in [0.25, 0.3) is 0 Å². The molecular weight excluding hydrogens is 370 g/mol. The lowest BCUT2D eigenvalue weighted by Gasteiger charge is -2.16. The van der Waals surface area contributed by atoms with E-state index in [1.54, 1.807) is 13.2 Å². The second-order valence-electron chi connectivity index (χ2n) is 6.15. The van der Waals surface area contributed by atoms with Crippen molar-refractivity contribution >= 4 is 15.9 Å². The van der Waals surface area contributed by atoms with E-state index in [1.165, 1.54) is 17.2 Å². The molecule has 130 valence electrons. The normalized spacial score (nSPS) is 12.3. The van der Waals surface area contributed by atoms with Crippen LogP contribution in [0.1, 0.15) is 24.5 Å². The van der Waals surface area contributed by atoms with Crippen LogP contribution in [-0.4, -0.2) is 15.7 Å². The lowest BCUT2D eigenvalue weighted by Crippen LogP contribution is -2.39. The van der Waals surface area contributed by atoms with E-state index in [2.05, 4.69) is 40.3 Å². The third-order valence-electron chi connectivity index (χ3n) is 4.26. The fourth-order valence-electron chi connectivity index (χ4n) is 2.77. The molecule has 0 radical (unpaired) electrons. The van der Waals surface area contributed by atoms with Crippen molar-refractivity contribution in [3.63, 3.8) is 0 Å². The van der Waals surface area contributed by atoms with Gasteiger partial charge in [-0.25, -0.2) is 4.79 Å². The molecule has 1 aromatic carbocycles. The summed E-state index contributed by atoms with van der Waals surface area (Å²) in [6.45, 7) is 3.47. The number of aryl methyl sites for hydroxylation is 1. The molecule has 0 fully saturated rings. The fourth-order valence-corrected chi connectivity index (χ4v) is 3.22. The Morgan fingerprint density at radius 1 is 1.25 bits per heavy atom.